The highest BCUT2D eigenvalue weighted by Crippen LogP contribution is 2.04. The molecule has 0 aromatic rings. The number of hydrogen-bond acceptors (Lipinski definition) is 5. The molecule has 0 heterocycles. The fraction of sp³-hybridized carbons (Fsp3) is 0.667. The fourth-order valence-electron chi connectivity index (χ4n) is 0.363. The van der Waals surface area contributed by atoms with Gasteiger partial charge in [0.05, 0.1) is 6.61 Å². The van der Waals surface area contributed by atoms with Crippen LogP contribution in [0.1, 0.15) is 13.8 Å². The number of rotatable bonds is 2. The lowest BCUT2D eigenvalue weighted by Gasteiger charge is -1.99. The molecule has 0 aliphatic carbocycles. The van der Waals surface area contributed by atoms with Gasteiger partial charge in [0, 0.05) is 5.75 Å². The SMILES string of the molecule is CCOC(=O)OC(=O)SCC. The largest absolute Gasteiger partial charge is 0.516 e. The van der Waals surface area contributed by atoms with Gasteiger partial charge < -0.3 is 9.47 Å². The molecule has 0 unspecified atom stereocenters. The van der Waals surface area contributed by atoms with E-state index in [1.807, 2.05) is 0 Å². The van der Waals surface area contributed by atoms with E-state index in [1.165, 1.54) is 0 Å². The van der Waals surface area contributed by atoms with Crippen LogP contribution in [0.3, 0.4) is 0 Å². The molecule has 0 spiro atoms. The Kier molecular flexibility index (Phi) is 5.64. The molecule has 0 radical (unpaired) electrons. The van der Waals surface area contributed by atoms with Gasteiger partial charge in [-0.05, 0) is 18.7 Å². The third-order valence-corrected chi connectivity index (χ3v) is 1.30. The Balaban J connectivity index is 3.49. The van der Waals surface area contributed by atoms with E-state index in [4.69, 9.17) is 0 Å². The summed E-state index contributed by atoms with van der Waals surface area (Å²) in [7, 11) is 0. The summed E-state index contributed by atoms with van der Waals surface area (Å²) >= 11 is 0.923. The number of carbonyl (C=O) groups excluding carboxylic acids is 2. The van der Waals surface area contributed by atoms with E-state index >= 15 is 0 Å². The van der Waals surface area contributed by atoms with E-state index in [9.17, 15) is 9.59 Å². The summed E-state index contributed by atoms with van der Waals surface area (Å²) in [6.07, 6.45) is -0.932. The molecule has 0 aliphatic rings. The third kappa shape index (κ3) is 5.72. The molecule has 0 amide bonds. The van der Waals surface area contributed by atoms with Crippen molar-refractivity contribution >= 4 is 23.2 Å². The van der Waals surface area contributed by atoms with E-state index in [2.05, 4.69) is 9.47 Å². The predicted molar refractivity (Wildman–Crippen MR) is 41.6 cm³/mol. The first-order valence-corrected chi connectivity index (χ1v) is 4.20. The van der Waals surface area contributed by atoms with Crippen molar-refractivity contribution < 1.29 is 19.1 Å². The van der Waals surface area contributed by atoms with Crippen LogP contribution in [0.15, 0.2) is 0 Å². The molecule has 64 valence electrons. The number of ether oxygens (including phenoxy) is 2. The molecule has 0 rings (SSSR count). The first-order valence-electron chi connectivity index (χ1n) is 3.22. The van der Waals surface area contributed by atoms with Gasteiger partial charge >= 0.3 is 11.5 Å². The van der Waals surface area contributed by atoms with Crippen molar-refractivity contribution in [2.24, 2.45) is 0 Å². The molecular weight excluding hydrogens is 168 g/mol. The Bertz CT molecular complexity index is 130. The highest BCUT2D eigenvalue weighted by atomic mass is 32.2. The number of hydrogen-bond donors (Lipinski definition) is 0. The van der Waals surface area contributed by atoms with Gasteiger partial charge in [0.1, 0.15) is 0 Å². The smallest absolute Gasteiger partial charge is 0.434 e. The van der Waals surface area contributed by atoms with Gasteiger partial charge in [-0.1, -0.05) is 6.92 Å². The van der Waals surface area contributed by atoms with Crippen LogP contribution in [-0.2, 0) is 9.47 Å². The second kappa shape index (κ2) is 6.03. The second-order valence-corrected chi connectivity index (χ2v) is 2.67. The maximum Gasteiger partial charge on any atom is 0.516 e. The lowest BCUT2D eigenvalue weighted by molar-refractivity contribution is 0.0877. The van der Waals surface area contributed by atoms with Crippen LogP contribution in [0, 0.1) is 0 Å². The van der Waals surface area contributed by atoms with Crippen LogP contribution in [-0.4, -0.2) is 23.8 Å². The van der Waals surface area contributed by atoms with Crippen molar-refractivity contribution in [3.63, 3.8) is 0 Å². The molecule has 0 saturated carbocycles. The lowest BCUT2D eigenvalue weighted by atomic mass is 10.9. The molecule has 0 fully saturated rings. The average molecular weight is 178 g/mol. The van der Waals surface area contributed by atoms with E-state index < -0.39 is 11.5 Å². The normalized spacial score (nSPS) is 8.91. The van der Waals surface area contributed by atoms with E-state index in [0.29, 0.717) is 5.75 Å². The monoisotopic (exact) mass is 178 g/mol. The van der Waals surface area contributed by atoms with Crippen molar-refractivity contribution in [3.8, 4) is 0 Å². The minimum absolute atomic E-state index is 0.211. The van der Waals surface area contributed by atoms with E-state index in [0.717, 1.165) is 11.8 Å². The first-order chi connectivity index (χ1) is 5.20. The van der Waals surface area contributed by atoms with E-state index in [-0.39, 0.29) is 6.61 Å². The standard InChI is InChI=1S/C6H10O4S/c1-3-9-5(7)10-6(8)11-4-2/h3-4H2,1-2H3. The van der Waals surface area contributed by atoms with Gasteiger partial charge in [-0.3, -0.25) is 0 Å². The first kappa shape index (κ1) is 10.3. The fourth-order valence-corrected chi connectivity index (χ4v) is 0.725. The van der Waals surface area contributed by atoms with Gasteiger partial charge in [0.2, 0.25) is 0 Å². The molecule has 0 saturated heterocycles. The van der Waals surface area contributed by atoms with Crippen molar-refractivity contribution in [2.45, 2.75) is 13.8 Å². The zero-order valence-corrected chi connectivity index (χ0v) is 7.27. The summed E-state index contributed by atoms with van der Waals surface area (Å²) in [4.78, 5) is 21.0. The molecule has 0 N–H and O–H groups in total. The van der Waals surface area contributed by atoms with Crippen molar-refractivity contribution in [1.82, 2.24) is 0 Å². The summed E-state index contributed by atoms with van der Waals surface area (Å²) in [6, 6.07) is 0. The Morgan fingerprint density at radius 2 is 2.00 bits per heavy atom. The van der Waals surface area contributed by atoms with Gasteiger partial charge in [0.15, 0.2) is 0 Å². The lowest BCUT2D eigenvalue weighted by Crippen LogP contribution is -2.09. The molecule has 0 aliphatic heterocycles. The molecular formula is C6H10O4S. The quantitative estimate of drug-likeness (QED) is 0.478. The maximum absolute atomic E-state index is 10.6. The Hall–Kier alpha value is -0.710. The van der Waals surface area contributed by atoms with Crippen LogP contribution in [0.2, 0.25) is 0 Å². The minimum Gasteiger partial charge on any atom is -0.434 e. The third-order valence-electron chi connectivity index (χ3n) is 0.691. The predicted octanol–water partition coefficient (Wildman–Crippen LogP) is 2.03. The van der Waals surface area contributed by atoms with Crippen LogP contribution >= 0.6 is 11.8 Å². The summed E-state index contributed by atoms with van der Waals surface area (Å²) in [5.74, 6) is 0.582. The molecule has 11 heavy (non-hydrogen) atoms. The summed E-state index contributed by atoms with van der Waals surface area (Å²) < 4.78 is 8.56. The van der Waals surface area contributed by atoms with E-state index in [1.54, 1.807) is 13.8 Å². The Labute approximate surface area is 69.2 Å². The van der Waals surface area contributed by atoms with Crippen LogP contribution in [0.5, 0.6) is 0 Å². The second-order valence-electron chi connectivity index (χ2n) is 1.47. The summed E-state index contributed by atoms with van der Waals surface area (Å²) in [5.41, 5.74) is 0. The summed E-state index contributed by atoms with van der Waals surface area (Å²) in [6.45, 7) is 3.64. The molecule has 0 aromatic carbocycles. The van der Waals surface area contributed by atoms with Crippen molar-refractivity contribution in [3.05, 3.63) is 0 Å². The molecule has 5 heteroatoms. The van der Waals surface area contributed by atoms with Crippen molar-refractivity contribution in [1.29, 1.82) is 0 Å². The summed E-state index contributed by atoms with van der Waals surface area (Å²) in [5, 5.41) is -0.619. The minimum atomic E-state index is -0.932. The van der Waals surface area contributed by atoms with Crippen LogP contribution in [0.4, 0.5) is 9.59 Å². The van der Waals surface area contributed by atoms with Crippen LogP contribution < -0.4 is 0 Å². The highest BCUT2D eigenvalue weighted by molar-refractivity contribution is 8.13. The Morgan fingerprint density at radius 3 is 2.45 bits per heavy atom. The van der Waals surface area contributed by atoms with Gasteiger partial charge in [0.25, 0.3) is 0 Å². The molecule has 4 nitrogen and oxygen atoms in total. The topological polar surface area (TPSA) is 52.6 Å². The molecule has 0 bridgehead atoms. The molecule has 0 aromatic heterocycles. The maximum atomic E-state index is 10.6. The van der Waals surface area contributed by atoms with Crippen molar-refractivity contribution in [2.75, 3.05) is 12.4 Å². The highest BCUT2D eigenvalue weighted by Gasteiger charge is 2.09. The van der Waals surface area contributed by atoms with Gasteiger partial charge in [-0.2, -0.15) is 0 Å². The Morgan fingerprint density at radius 1 is 1.36 bits per heavy atom. The van der Waals surface area contributed by atoms with Crippen LogP contribution in [0.25, 0.3) is 0 Å². The zero-order chi connectivity index (χ0) is 8.69. The average Bonchev–Trinajstić information content (AvgIpc) is 1.87. The number of carbonyl (C=O) groups is 2. The number of thioether (sulfide) groups is 1. The zero-order valence-electron chi connectivity index (χ0n) is 6.46. The van der Waals surface area contributed by atoms with Gasteiger partial charge in [-0.15, -0.1) is 0 Å². The molecule has 0 atom stereocenters. The van der Waals surface area contributed by atoms with Gasteiger partial charge in [-0.25, -0.2) is 9.59 Å².